The van der Waals surface area contributed by atoms with Gasteiger partial charge in [0.1, 0.15) is 0 Å². The largest absolute Gasteiger partial charge is 0.453 e. The van der Waals surface area contributed by atoms with Crippen molar-refractivity contribution in [3.8, 4) is 0 Å². The standard InChI is InChI=1S/C15H17N3O3/c1-21-15(20)18-7-5-12(10-18)16-14(19)11-8-13-4-2-3-6-17(13)9-11/h2-4,6,8-9,12H,5,7,10H2,1H3,(H,16,19). The van der Waals surface area contributed by atoms with Crippen LogP contribution in [0.25, 0.3) is 5.52 Å². The Labute approximate surface area is 122 Å². The van der Waals surface area contributed by atoms with Crippen LogP contribution in [0.15, 0.2) is 36.7 Å². The molecule has 1 saturated heterocycles. The summed E-state index contributed by atoms with van der Waals surface area (Å²) in [7, 11) is 1.36. The van der Waals surface area contributed by atoms with E-state index < -0.39 is 0 Å². The van der Waals surface area contributed by atoms with Crippen LogP contribution in [0.5, 0.6) is 0 Å². The molecule has 0 bridgehead atoms. The predicted octanol–water partition coefficient (Wildman–Crippen LogP) is 1.51. The van der Waals surface area contributed by atoms with Crippen molar-refractivity contribution in [2.75, 3.05) is 20.2 Å². The monoisotopic (exact) mass is 287 g/mol. The van der Waals surface area contributed by atoms with Crippen LogP contribution in [0.2, 0.25) is 0 Å². The number of carbonyl (C=O) groups excluding carboxylic acids is 2. The van der Waals surface area contributed by atoms with Crippen molar-refractivity contribution < 1.29 is 14.3 Å². The van der Waals surface area contributed by atoms with Crippen molar-refractivity contribution in [2.24, 2.45) is 0 Å². The predicted molar refractivity (Wildman–Crippen MR) is 77.2 cm³/mol. The molecule has 2 aromatic rings. The lowest BCUT2D eigenvalue weighted by molar-refractivity contribution is 0.0934. The molecule has 0 radical (unpaired) electrons. The number of amides is 2. The highest BCUT2D eigenvalue weighted by Crippen LogP contribution is 2.13. The Kier molecular flexibility index (Phi) is 3.51. The van der Waals surface area contributed by atoms with Gasteiger partial charge in [0.05, 0.1) is 12.7 Å². The number of fused-ring (bicyclic) bond motifs is 1. The molecule has 1 aliphatic heterocycles. The third kappa shape index (κ3) is 2.69. The molecular formula is C15H17N3O3. The summed E-state index contributed by atoms with van der Waals surface area (Å²) in [6, 6.07) is 7.62. The number of methoxy groups -OCH3 is 1. The van der Waals surface area contributed by atoms with Gasteiger partial charge in [-0.2, -0.15) is 0 Å². The number of carbonyl (C=O) groups is 2. The van der Waals surface area contributed by atoms with Crippen LogP contribution in [0.3, 0.4) is 0 Å². The number of likely N-dealkylation sites (tertiary alicyclic amines) is 1. The minimum Gasteiger partial charge on any atom is -0.453 e. The zero-order valence-corrected chi connectivity index (χ0v) is 11.8. The third-order valence-electron chi connectivity index (χ3n) is 3.72. The Morgan fingerprint density at radius 3 is 3.00 bits per heavy atom. The van der Waals surface area contributed by atoms with Crippen LogP contribution in [-0.4, -0.2) is 47.5 Å². The third-order valence-corrected chi connectivity index (χ3v) is 3.72. The molecule has 3 heterocycles. The number of rotatable bonds is 2. The van der Waals surface area contributed by atoms with E-state index in [0.29, 0.717) is 18.7 Å². The molecule has 1 unspecified atom stereocenters. The second-order valence-corrected chi connectivity index (χ2v) is 5.14. The first-order chi connectivity index (χ1) is 10.2. The topological polar surface area (TPSA) is 63.0 Å². The number of aromatic nitrogens is 1. The molecule has 110 valence electrons. The Morgan fingerprint density at radius 2 is 2.24 bits per heavy atom. The second-order valence-electron chi connectivity index (χ2n) is 5.14. The maximum Gasteiger partial charge on any atom is 0.409 e. The molecule has 1 fully saturated rings. The van der Waals surface area contributed by atoms with Gasteiger partial charge in [-0.15, -0.1) is 0 Å². The smallest absolute Gasteiger partial charge is 0.409 e. The fourth-order valence-electron chi connectivity index (χ4n) is 2.62. The Bertz CT molecular complexity index is 647. The summed E-state index contributed by atoms with van der Waals surface area (Å²) in [6.07, 6.45) is 4.10. The van der Waals surface area contributed by atoms with Gasteiger partial charge in [0.25, 0.3) is 5.91 Å². The van der Waals surface area contributed by atoms with Crippen LogP contribution in [0, 0.1) is 0 Å². The fourth-order valence-corrected chi connectivity index (χ4v) is 2.62. The maximum absolute atomic E-state index is 12.3. The quantitative estimate of drug-likeness (QED) is 0.910. The molecule has 0 spiro atoms. The fraction of sp³-hybridized carbons (Fsp3) is 0.333. The van der Waals surface area contributed by atoms with Gasteiger partial charge in [0, 0.05) is 37.0 Å². The van der Waals surface area contributed by atoms with E-state index in [2.05, 4.69) is 10.1 Å². The molecular weight excluding hydrogens is 270 g/mol. The van der Waals surface area contributed by atoms with Crippen LogP contribution in [0.4, 0.5) is 4.79 Å². The molecule has 21 heavy (non-hydrogen) atoms. The lowest BCUT2D eigenvalue weighted by atomic mass is 10.2. The summed E-state index contributed by atoms with van der Waals surface area (Å²) in [5.41, 5.74) is 1.60. The Balaban J connectivity index is 1.65. The zero-order chi connectivity index (χ0) is 14.8. The summed E-state index contributed by atoms with van der Waals surface area (Å²) >= 11 is 0. The second kappa shape index (κ2) is 5.47. The summed E-state index contributed by atoms with van der Waals surface area (Å²) < 4.78 is 6.59. The average molecular weight is 287 g/mol. The van der Waals surface area contributed by atoms with Crippen molar-refractivity contribution in [1.29, 1.82) is 0 Å². The highest BCUT2D eigenvalue weighted by molar-refractivity contribution is 5.95. The molecule has 6 heteroatoms. The van der Waals surface area contributed by atoms with E-state index in [0.717, 1.165) is 11.9 Å². The molecule has 2 aromatic heterocycles. The van der Waals surface area contributed by atoms with Gasteiger partial charge < -0.3 is 19.4 Å². The average Bonchev–Trinajstić information content (AvgIpc) is 3.12. The zero-order valence-electron chi connectivity index (χ0n) is 11.8. The summed E-state index contributed by atoms with van der Waals surface area (Å²) in [4.78, 5) is 25.3. The van der Waals surface area contributed by atoms with Gasteiger partial charge in [0.15, 0.2) is 0 Å². The van der Waals surface area contributed by atoms with Gasteiger partial charge in [-0.3, -0.25) is 4.79 Å². The number of hydrogen-bond acceptors (Lipinski definition) is 3. The molecule has 1 aliphatic rings. The van der Waals surface area contributed by atoms with Crippen molar-refractivity contribution in [3.63, 3.8) is 0 Å². The van der Waals surface area contributed by atoms with Gasteiger partial charge in [-0.1, -0.05) is 6.07 Å². The van der Waals surface area contributed by atoms with Gasteiger partial charge >= 0.3 is 6.09 Å². The van der Waals surface area contributed by atoms with Crippen molar-refractivity contribution in [3.05, 3.63) is 42.2 Å². The first-order valence-corrected chi connectivity index (χ1v) is 6.88. The minimum atomic E-state index is -0.346. The van der Waals surface area contributed by atoms with Gasteiger partial charge in [0.2, 0.25) is 0 Å². The van der Waals surface area contributed by atoms with E-state index in [-0.39, 0.29) is 18.0 Å². The number of nitrogens with one attached hydrogen (secondary N) is 1. The molecule has 3 rings (SSSR count). The molecule has 1 atom stereocenters. The molecule has 0 aromatic carbocycles. The van der Waals surface area contributed by atoms with E-state index in [4.69, 9.17) is 0 Å². The van der Waals surface area contributed by atoms with Crippen LogP contribution in [0.1, 0.15) is 16.8 Å². The molecule has 1 N–H and O–H groups in total. The first-order valence-electron chi connectivity index (χ1n) is 6.88. The number of hydrogen-bond donors (Lipinski definition) is 1. The summed E-state index contributed by atoms with van der Waals surface area (Å²) in [6.45, 7) is 1.10. The van der Waals surface area contributed by atoms with E-state index in [1.165, 1.54) is 7.11 Å². The normalized spacial score (nSPS) is 18.0. The van der Waals surface area contributed by atoms with Gasteiger partial charge in [-0.05, 0) is 24.6 Å². The van der Waals surface area contributed by atoms with Crippen molar-refractivity contribution in [1.82, 2.24) is 14.6 Å². The summed E-state index contributed by atoms with van der Waals surface area (Å²) in [5.74, 6) is -0.115. The van der Waals surface area contributed by atoms with E-state index in [9.17, 15) is 9.59 Å². The van der Waals surface area contributed by atoms with Crippen LogP contribution < -0.4 is 5.32 Å². The highest BCUT2D eigenvalue weighted by atomic mass is 16.5. The van der Waals surface area contributed by atoms with Crippen molar-refractivity contribution in [2.45, 2.75) is 12.5 Å². The number of pyridine rings is 1. The summed E-state index contributed by atoms with van der Waals surface area (Å²) in [5, 5.41) is 2.96. The lowest BCUT2D eigenvalue weighted by Gasteiger charge is -2.15. The lowest BCUT2D eigenvalue weighted by Crippen LogP contribution is -2.38. The highest BCUT2D eigenvalue weighted by Gasteiger charge is 2.28. The number of ether oxygens (including phenoxy) is 1. The SMILES string of the molecule is COC(=O)N1CCC(NC(=O)c2cc3ccccn3c2)C1. The first kappa shape index (κ1) is 13.5. The molecule has 2 amide bonds. The Morgan fingerprint density at radius 1 is 1.38 bits per heavy atom. The number of nitrogens with zero attached hydrogens (tertiary/aromatic N) is 2. The molecule has 0 saturated carbocycles. The maximum atomic E-state index is 12.3. The van der Waals surface area contributed by atoms with E-state index in [1.54, 1.807) is 11.1 Å². The van der Waals surface area contributed by atoms with E-state index >= 15 is 0 Å². The van der Waals surface area contributed by atoms with Gasteiger partial charge in [-0.25, -0.2) is 4.79 Å². The van der Waals surface area contributed by atoms with Crippen molar-refractivity contribution >= 4 is 17.5 Å². The van der Waals surface area contributed by atoms with Crippen LogP contribution in [-0.2, 0) is 4.74 Å². The van der Waals surface area contributed by atoms with Crippen LogP contribution >= 0.6 is 0 Å². The minimum absolute atomic E-state index is 0.0281. The molecule has 6 nitrogen and oxygen atoms in total. The molecule has 0 aliphatic carbocycles. The Hall–Kier alpha value is -2.50. The van der Waals surface area contributed by atoms with E-state index in [1.807, 2.05) is 34.9 Å².